The van der Waals surface area contributed by atoms with Crippen LogP contribution in [0.2, 0.25) is 0 Å². The Kier molecular flexibility index (Phi) is 6.35. The summed E-state index contributed by atoms with van der Waals surface area (Å²) in [5.74, 6) is 2.02. The van der Waals surface area contributed by atoms with Crippen LogP contribution in [0.1, 0.15) is 12.5 Å². The summed E-state index contributed by atoms with van der Waals surface area (Å²) in [6.45, 7) is 1.90. The van der Waals surface area contributed by atoms with Gasteiger partial charge in [0.2, 0.25) is 5.91 Å². The highest BCUT2D eigenvalue weighted by Crippen LogP contribution is 2.29. The second kappa shape index (κ2) is 8.48. The Morgan fingerprint density at radius 2 is 1.87 bits per heavy atom. The quantitative estimate of drug-likeness (QED) is 0.834. The van der Waals surface area contributed by atoms with Gasteiger partial charge in [0, 0.05) is 11.8 Å². The number of rotatable bonds is 7. The fourth-order valence-corrected chi connectivity index (χ4v) is 2.85. The molecule has 1 N–H and O–H groups in total. The number of hydrogen-bond donors (Lipinski definition) is 1. The molecule has 0 saturated carbocycles. The number of nitrogens with one attached hydrogen (secondary N) is 1. The van der Waals surface area contributed by atoms with E-state index in [1.54, 1.807) is 44.2 Å². The molecule has 0 fully saturated rings. The van der Waals surface area contributed by atoms with Crippen LogP contribution in [0.15, 0.2) is 48.5 Å². The van der Waals surface area contributed by atoms with Gasteiger partial charge in [0.05, 0.1) is 25.2 Å². The lowest BCUT2D eigenvalue weighted by Crippen LogP contribution is -2.22. The Bertz CT molecular complexity index is 646. The molecule has 1 unspecified atom stereocenters. The van der Waals surface area contributed by atoms with Crippen LogP contribution in [0, 0.1) is 0 Å². The monoisotopic (exact) mass is 331 g/mol. The highest BCUT2D eigenvalue weighted by atomic mass is 32.2. The first kappa shape index (κ1) is 17.2. The van der Waals surface area contributed by atoms with E-state index in [2.05, 4.69) is 17.4 Å². The molecule has 1 amide bonds. The van der Waals surface area contributed by atoms with Crippen molar-refractivity contribution in [3.63, 3.8) is 0 Å². The summed E-state index contributed by atoms with van der Waals surface area (Å²) >= 11 is 1.60. The van der Waals surface area contributed by atoms with Crippen molar-refractivity contribution in [2.45, 2.75) is 17.9 Å². The molecule has 23 heavy (non-hydrogen) atoms. The van der Waals surface area contributed by atoms with Crippen molar-refractivity contribution in [3.05, 3.63) is 54.1 Å². The smallest absolute Gasteiger partial charge is 0.237 e. The minimum absolute atomic E-state index is 0.0469. The van der Waals surface area contributed by atoms with Gasteiger partial charge in [-0.25, -0.2) is 0 Å². The van der Waals surface area contributed by atoms with Crippen molar-refractivity contribution >= 4 is 23.4 Å². The lowest BCUT2D eigenvalue weighted by molar-refractivity contribution is -0.115. The van der Waals surface area contributed by atoms with E-state index < -0.39 is 0 Å². The number of benzene rings is 2. The molecule has 122 valence electrons. The summed E-state index contributed by atoms with van der Waals surface area (Å²) < 4.78 is 10.5. The number of anilines is 1. The molecule has 2 aromatic carbocycles. The molecule has 0 aliphatic heterocycles. The van der Waals surface area contributed by atoms with Gasteiger partial charge in [-0.1, -0.05) is 30.3 Å². The summed E-state index contributed by atoms with van der Waals surface area (Å²) in [4.78, 5) is 12.3. The molecule has 5 heteroatoms. The van der Waals surface area contributed by atoms with E-state index in [1.165, 1.54) is 5.56 Å². The third-order valence-corrected chi connectivity index (χ3v) is 4.59. The van der Waals surface area contributed by atoms with Gasteiger partial charge in [-0.15, -0.1) is 11.8 Å². The minimum atomic E-state index is -0.165. The Hall–Kier alpha value is -2.14. The van der Waals surface area contributed by atoms with Gasteiger partial charge < -0.3 is 14.8 Å². The number of carbonyl (C=O) groups excluding carboxylic acids is 1. The van der Waals surface area contributed by atoms with Gasteiger partial charge in [-0.3, -0.25) is 4.79 Å². The van der Waals surface area contributed by atoms with Gasteiger partial charge in [0.25, 0.3) is 0 Å². The van der Waals surface area contributed by atoms with Gasteiger partial charge in [-0.05, 0) is 24.6 Å². The summed E-state index contributed by atoms with van der Waals surface area (Å²) in [6.07, 6.45) is 0. The fraction of sp³-hybridized carbons (Fsp3) is 0.278. The molecule has 0 radical (unpaired) electrons. The molecule has 0 aliphatic carbocycles. The first-order valence-corrected chi connectivity index (χ1v) is 8.37. The van der Waals surface area contributed by atoms with E-state index in [0.29, 0.717) is 17.2 Å². The zero-order valence-electron chi connectivity index (χ0n) is 13.5. The zero-order chi connectivity index (χ0) is 16.7. The van der Waals surface area contributed by atoms with E-state index in [0.717, 1.165) is 5.75 Å². The third kappa shape index (κ3) is 4.93. The summed E-state index contributed by atoms with van der Waals surface area (Å²) in [5.41, 5.74) is 1.85. The standard InChI is InChI=1S/C18H21NO3S/c1-13(23-12-14-7-5-4-6-8-14)18(20)19-16-10-9-15(21-2)11-17(16)22-3/h4-11,13H,12H2,1-3H3,(H,19,20). The van der Waals surface area contributed by atoms with Crippen molar-refractivity contribution in [2.75, 3.05) is 19.5 Å². The van der Waals surface area contributed by atoms with Gasteiger partial charge >= 0.3 is 0 Å². The second-order valence-electron chi connectivity index (χ2n) is 4.99. The van der Waals surface area contributed by atoms with Crippen molar-refractivity contribution in [1.82, 2.24) is 0 Å². The molecule has 4 nitrogen and oxygen atoms in total. The third-order valence-electron chi connectivity index (χ3n) is 3.38. The average Bonchev–Trinajstić information content (AvgIpc) is 2.60. The maximum atomic E-state index is 12.3. The lowest BCUT2D eigenvalue weighted by Gasteiger charge is -2.15. The van der Waals surface area contributed by atoms with Gasteiger partial charge in [0.15, 0.2) is 0 Å². The van der Waals surface area contributed by atoms with Crippen molar-refractivity contribution in [2.24, 2.45) is 0 Å². The topological polar surface area (TPSA) is 47.6 Å². The summed E-state index contributed by atoms with van der Waals surface area (Å²) in [6, 6.07) is 15.4. The van der Waals surface area contributed by atoms with E-state index in [1.807, 2.05) is 25.1 Å². The van der Waals surface area contributed by atoms with Crippen molar-refractivity contribution in [1.29, 1.82) is 0 Å². The molecular formula is C18H21NO3S. The van der Waals surface area contributed by atoms with Crippen LogP contribution in [0.4, 0.5) is 5.69 Å². The first-order chi connectivity index (χ1) is 11.1. The summed E-state index contributed by atoms with van der Waals surface area (Å²) in [7, 11) is 3.16. The Labute approximate surface area is 141 Å². The van der Waals surface area contributed by atoms with Gasteiger partial charge in [-0.2, -0.15) is 0 Å². The average molecular weight is 331 g/mol. The van der Waals surface area contributed by atoms with E-state index in [9.17, 15) is 4.79 Å². The maximum absolute atomic E-state index is 12.3. The zero-order valence-corrected chi connectivity index (χ0v) is 14.4. The molecule has 0 saturated heterocycles. The van der Waals surface area contributed by atoms with Crippen LogP contribution in [0.3, 0.4) is 0 Å². The predicted octanol–water partition coefficient (Wildman–Crippen LogP) is 3.96. The fourth-order valence-electron chi connectivity index (χ4n) is 2.01. The van der Waals surface area contributed by atoms with Crippen molar-refractivity contribution in [3.8, 4) is 11.5 Å². The van der Waals surface area contributed by atoms with Crippen LogP contribution >= 0.6 is 11.8 Å². The van der Waals surface area contributed by atoms with E-state index >= 15 is 0 Å². The molecule has 1 atom stereocenters. The molecule has 0 heterocycles. The van der Waals surface area contributed by atoms with Crippen LogP contribution in [0.5, 0.6) is 11.5 Å². The van der Waals surface area contributed by atoms with E-state index in [4.69, 9.17) is 9.47 Å². The molecule has 0 bridgehead atoms. The molecule has 0 aliphatic rings. The Morgan fingerprint density at radius 3 is 2.52 bits per heavy atom. The van der Waals surface area contributed by atoms with Crippen molar-refractivity contribution < 1.29 is 14.3 Å². The molecule has 0 spiro atoms. The molecule has 2 aromatic rings. The Balaban J connectivity index is 1.95. The number of carbonyl (C=O) groups is 1. The second-order valence-corrected chi connectivity index (χ2v) is 6.32. The number of thioether (sulfide) groups is 1. The van der Waals surface area contributed by atoms with Crippen LogP contribution in [-0.4, -0.2) is 25.4 Å². The largest absolute Gasteiger partial charge is 0.497 e. The lowest BCUT2D eigenvalue weighted by atomic mass is 10.2. The van der Waals surface area contributed by atoms with E-state index in [-0.39, 0.29) is 11.2 Å². The number of ether oxygens (including phenoxy) is 2. The van der Waals surface area contributed by atoms with Gasteiger partial charge in [0.1, 0.15) is 11.5 Å². The molecular weight excluding hydrogens is 310 g/mol. The number of hydrogen-bond acceptors (Lipinski definition) is 4. The van der Waals surface area contributed by atoms with Crippen LogP contribution < -0.4 is 14.8 Å². The van der Waals surface area contributed by atoms with Crippen LogP contribution in [0.25, 0.3) is 0 Å². The maximum Gasteiger partial charge on any atom is 0.237 e. The number of amides is 1. The molecule has 2 rings (SSSR count). The first-order valence-electron chi connectivity index (χ1n) is 7.32. The number of methoxy groups -OCH3 is 2. The van der Waals surface area contributed by atoms with Crippen LogP contribution in [-0.2, 0) is 10.5 Å². The highest BCUT2D eigenvalue weighted by molar-refractivity contribution is 7.99. The normalized spacial score (nSPS) is 11.6. The Morgan fingerprint density at radius 1 is 1.13 bits per heavy atom. The minimum Gasteiger partial charge on any atom is -0.497 e. The highest BCUT2D eigenvalue weighted by Gasteiger charge is 2.16. The summed E-state index contributed by atoms with van der Waals surface area (Å²) in [5, 5.41) is 2.74. The predicted molar refractivity (Wildman–Crippen MR) is 95.4 cm³/mol. The molecule has 0 aromatic heterocycles. The SMILES string of the molecule is COc1ccc(NC(=O)C(C)SCc2ccccc2)c(OC)c1.